The van der Waals surface area contributed by atoms with Crippen LogP contribution in [0.3, 0.4) is 0 Å². The van der Waals surface area contributed by atoms with Gasteiger partial charge in [0.15, 0.2) is 0 Å². The predicted molar refractivity (Wildman–Crippen MR) is 119 cm³/mol. The van der Waals surface area contributed by atoms with Crippen LogP contribution in [0.4, 0.5) is 5.82 Å². The van der Waals surface area contributed by atoms with Gasteiger partial charge in [0.2, 0.25) is 0 Å². The number of rotatable bonds is 13. The number of carboxylic acids is 2. The van der Waals surface area contributed by atoms with E-state index < -0.39 is 34.4 Å². The minimum absolute atomic E-state index is 0.226. The number of nitrogens with one attached hydrogen (secondary N) is 1. The van der Waals surface area contributed by atoms with Crippen LogP contribution in [0, 0.1) is 0 Å². The molecule has 1 heterocycles. The summed E-state index contributed by atoms with van der Waals surface area (Å²) in [7, 11) is 0. The number of H-pyrrole nitrogens is 1. The fourth-order valence-electron chi connectivity index (χ4n) is 3.48. The maximum absolute atomic E-state index is 12.1. The van der Waals surface area contributed by atoms with Crippen molar-refractivity contribution in [2.45, 2.75) is 58.3 Å². The molecule has 168 valence electrons. The summed E-state index contributed by atoms with van der Waals surface area (Å²) in [5.41, 5.74) is 3.60. The van der Waals surface area contributed by atoms with Gasteiger partial charge in [0.1, 0.15) is 22.7 Å². The van der Waals surface area contributed by atoms with E-state index in [1.165, 1.54) is 50.7 Å². The molecule has 1 aromatic heterocycles. The summed E-state index contributed by atoms with van der Waals surface area (Å²) in [6.45, 7) is 2.77. The Kier molecular flexibility index (Phi) is 9.12. The number of benzene rings is 1. The largest absolute Gasteiger partial charge is 0.494 e. The van der Waals surface area contributed by atoms with Crippen molar-refractivity contribution in [1.29, 1.82) is 0 Å². The molecule has 0 spiro atoms. The summed E-state index contributed by atoms with van der Waals surface area (Å²) in [4.78, 5) is 37.4. The van der Waals surface area contributed by atoms with Crippen molar-refractivity contribution in [2.24, 2.45) is 0 Å². The minimum Gasteiger partial charge on any atom is -0.494 e. The number of unbranched alkanes of at least 4 members (excludes halogenated alkanes) is 7. The highest BCUT2D eigenvalue weighted by atomic mass is 16.5. The lowest BCUT2D eigenvalue weighted by Crippen LogP contribution is -2.24. The minimum atomic E-state index is -1.53. The average Bonchev–Trinajstić information content (AvgIpc) is 2.71. The molecule has 2 rings (SSSR count). The first-order valence-corrected chi connectivity index (χ1v) is 10.6. The Bertz CT molecular complexity index is 950. The van der Waals surface area contributed by atoms with E-state index in [9.17, 15) is 24.6 Å². The van der Waals surface area contributed by atoms with Crippen LogP contribution in [0.5, 0.6) is 5.75 Å². The standard InChI is InChI=1S/C23H30N2O6/c1-2-3-4-5-6-7-8-9-14-31-16-12-10-15(11-13-16)17-18(22(27)28)20(24)25-21(26)19(17)23(29)30/h10-13H,2-9,14H2,1H3,(H,27,28)(H,29,30)(H3,24,25,26). The predicted octanol–water partition coefficient (Wildman–Crippen LogP) is 4.54. The molecule has 0 saturated carbocycles. The number of carbonyl (C=O) groups is 2. The zero-order valence-corrected chi connectivity index (χ0v) is 17.8. The molecule has 1 aromatic carbocycles. The third-order valence-electron chi connectivity index (χ3n) is 5.08. The molecule has 5 N–H and O–H groups in total. The van der Waals surface area contributed by atoms with Gasteiger partial charge >= 0.3 is 11.9 Å². The Hall–Kier alpha value is -3.29. The van der Waals surface area contributed by atoms with Gasteiger partial charge in [0, 0.05) is 5.56 Å². The second-order valence-electron chi connectivity index (χ2n) is 7.45. The van der Waals surface area contributed by atoms with Crippen molar-refractivity contribution in [3.05, 3.63) is 45.7 Å². The van der Waals surface area contributed by atoms with Crippen molar-refractivity contribution in [2.75, 3.05) is 12.3 Å². The van der Waals surface area contributed by atoms with Crippen molar-refractivity contribution in [3.63, 3.8) is 0 Å². The first-order chi connectivity index (χ1) is 14.9. The summed E-state index contributed by atoms with van der Waals surface area (Å²) < 4.78 is 5.72. The number of pyridine rings is 1. The fraction of sp³-hybridized carbons (Fsp3) is 0.435. The molecule has 0 aliphatic heterocycles. The number of anilines is 1. The first-order valence-electron chi connectivity index (χ1n) is 10.6. The van der Waals surface area contributed by atoms with Gasteiger partial charge in [-0.15, -0.1) is 0 Å². The van der Waals surface area contributed by atoms with Crippen LogP contribution >= 0.6 is 0 Å². The number of hydrogen-bond donors (Lipinski definition) is 4. The van der Waals surface area contributed by atoms with Gasteiger partial charge in [-0.05, 0) is 24.1 Å². The highest BCUT2D eigenvalue weighted by Crippen LogP contribution is 2.30. The van der Waals surface area contributed by atoms with Gasteiger partial charge in [-0.3, -0.25) is 4.79 Å². The molecule has 0 saturated heterocycles. The Morgan fingerprint density at radius 1 is 0.903 bits per heavy atom. The second-order valence-corrected chi connectivity index (χ2v) is 7.45. The quantitative estimate of drug-likeness (QED) is 0.342. The smallest absolute Gasteiger partial charge is 0.342 e. The SMILES string of the molecule is CCCCCCCCCCOc1ccc(-c2c(C(=O)O)c(N)[nH]c(=O)c2C(=O)O)cc1. The van der Waals surface area contributed by atoms with E-state index in [0.717, 1.165) is 12.8 Å². The van der Waals surface area contributed by atoms with Crippen LogP contribution in [0.25, 0.3) is 11.1 Å². The Labute approximate surface area is 181 Å². The molecule has 2 aromatic rings. The van der Waals surface area contributed by atoms with Gasteiger partial charge in [-0.25, -0.2) is 9.59 Å². The number of nitrogen functional groups attached to an aromatic ring is 1. The zero-order valence-electron chi connectivity index (χ0n) is 17.8. The maximum atomic E-state index is 12.1. The van der Waals surface area contributed by atoms with Crippen LogP contribution in [-0.4, -0.2) is 33.7 Å². The van der Waals surface area contributed by atoms with Gasteiger partial charge in [0.05, 0.1) is 6.61 Å². The van der Waals surface area contributed by atoms with E-state index in [0.29, 0.717) is 12.4 Å². The van der Waals surface area contributed by atoms with Crippen LogP contribution in [-0.2, 0) is 0 Å². The van der Waals surface area contributed by atoms with Crippen molar-refractivity contribution in [3.8, 4) is 16.9 Å². The third-order valence-corrected chi connectivity index (χ3v) is 5.08. The summed E-state index contributed by atoms with van der Waals surface area (Å²) in [5.74, 6) is -2.78. The topological polar surface area (TPSA) is 143 Å². The highest BCUT2D eigenvalue weighted by molar-refractivity contribution is 6.07. The molecule has 0 aliphatic rings. The van der Waals surface area contributed by atoms with Gasteiger partial charge < -0.3 is 25.7 Å². The Morgan fingerprint density at radius 3 is 2.00 bits per heavy atom. The molecule has 8 nitrogen and oxygen atoms in total. The average molecular weight is 431 g/mol. The molecule has 8 heteroatoms. The van der Waals surface area contributed by atoms with Crippen LogP contribution in [0.15, 0.2) is 29.1 Å². The number of aromatic nitrogens is 1. The normalized spacial score (nSPS) is 10.7. The third kappa shape index (κ3) is 6.60. The molecule has 0 amide bonds. The van der Waals surface area contributed by atoms with E-state index in [1.807, 2.05) is 0 Å². The van der Waals surface area contributed by atoms with E-state index in [2.05, 4.69) is 11.9 Å². The lowest BCUT2D eigenvalue weighted by Gasteiger charge is -2.13. The summed E-state index contributed by atoms with van der Waals surface area (Å²) >= 11 is 0. The van der Waals surface area contributed by atoms with Gasteiger partial charge in [0.25, 0.3) is 5.56 Å². The number of carboxylic acid groups (broad SMARTS) is 2. The van der Waals surface area contributed by atoms with Crippen LogP contribution < -0.4 is 16.0 Å². The fourth-order valence-corrected chi connectivity index (χ4v) is 3.48. The molecule has 0 radical (unpaired) electrons. The zero-order chi connectivity index (χ0) is 22.8. The summed E-state index contributed by atoms with van der Waals surface area (Å²) in [5, 5.41) is 18.9. The first kappa shape index (κ1) is 24.0. The van der Waals surface area contributed by atoms with Gasteiger partial charge in [-0.1, -0.05) is 64.0 Å². The highest BCUT2D eigenvalue weighted by Gasteiger charge is 2.26. The lowest BCUT2D eigenvalue weighted by atomic mass is 9.95. The molecule has 0 bridgehead atoms. The van der Waals surface area contributed by atoms with Crippen LogP contribution in [0.2, 0.25) is 0 Å². The number of aromatic carboxylic acids is 2. The molecule has 0 atom stereocenters. The molecular formula is C23H30N2O6. The van der Waals surface area contributed by atoms with Crippen molar-refractivity contribution < 1.29 is 24.5 Å². The van der Waals surface area contributed by atoms with Crippen LogP contribution in [0.1, 0.15) is 79.0 Å². The van der Waals surface area contributed by atoms with E-state index in [-0.39, 0.29) is 11.1 Å². The Morgan fingerprint density at radius 2 is 1.45 bits per heavy atom. The Balaban J connectivity index is 2.05. The van der Waals surface area contributed by atoms with E-state index in [1.54, 1.807) is 12.1 Å². The molecule has 0 unspecified atom stereocenters. The van der Waals surface area contributed by atoms with Crippen molar-refractivity contribution >= 4 is 17.8 Å². The van der Waals surface area contributed by atoms with E-state index >= 15 is 0 Å². The molecule has 0 fully saturated rings. The summed E-state index contributed by atoms with van der Waals surface area (Å²) in [6, 6.07) is 6.29. The van der Waals surface area contributed by atoms with E-state index in [4.69, 9.17) is 10.5 Å². The number of ether oxygens (including phenoxy) is 1. The van der Waals surface area contributed by atoms with Gasteiger partial charge in [-0.2, -0.15) is 0 Å². The molecular weight excluding hydrogens is 400 g/mol. The molecule has 0 aliphatic carbocycles. The van der Waals surface area contributed by atoms with Crippen molar-refractivity contribution in [1.82, 2.24) is 4.98 Å². The summed E-state index contributed by atoms with van der Waals surface area (Å²) in [6.07, 6.45) is 9.58. The maximum Gasteiger partial charge on any atom is 0.342 e. The second kappa shape index (κ2) is 11.8. The number of hydrogen-bond acceptors (Lipinski definition) is 5. The molecule has 31 heavy (non-hydrogen) atoms. The lowest BCUT2D eigenvalue weighted by molar-refractivity contribution is 0.0695. The number of nitrogens with two attached hydrogens (primary N) is 1. The monoisotopic (exact) mass is 430 g/mol. The number of aromatic amines is 1.